The summed E-state index contributed by atoms with van der Waals surface area (Å²) in [6, 6.07) is 5.27. The van der Waals surface area contributed by atoms with E-state index in [2.05, 4.69) is 5.32 Å². The van der Waals surface area contributed by atoms with Gasteiger partial charge in [0.1, 0.15) is 0 Å². The second-order valence-electron chi connectivity index (χ2n) is 6.25. The van der Waals surface area contributed by atoms with Crippen molar-refractivity contribution in [3.05, 3.63) is 40.9 Å². The van der Waals surface area contributed by atoms with Gasteiger partial charge < -0.3 is 5.32 Å². The molecule has 1 N–H and O–H groups in total. The molecule has 1 aromatic rings. The van der Waals surface area contributed by atoms with E-state index in [0.29, 0.717) is 23.6 Å². The number of nitrogens with zero attached hydrogens (tertiary/aromatic N) is 1. The SMILES string of the molecule is Cc1ccc(NC(=O)CCN2C(=O)[C@H]3CC=CC[C@@H]3C2=O)cc1Cl. The first-order valence-electron chi connectivity index (χ1n) is 8.03. The van der Waals surface area contributed by atoms with Crippen LogP contribution in [0.1, 0.15) is 24.8 Å². The normalized spacial score (nSPS) is 22.7. The Morgan fingerprint density at radius 3 is 2.42 bits per heavy atom. The standard InChI is InChI=1S/C18H19ClN2O3/c1-11-6-7-12(10-15(11)19)20-16(22)8-9-21-17(23)13-4-2-3-5-14(13)18(21)24/h2-3,6-7,10,13-14H,4-5,8-9H2,1H3,(H,20,22)/t13-,14-/m0/s1. The molecule has 2 aliphatic rings. The first-order valence-corrected chi connectivity index (χ1v) is 8.41. The number of amides is 3. The molecule has 0 aromatic heterocycles. The highest BCUT2D eigenvalue weighted by Gasteiger charge is 2.46. The van der Waals surface area contributed by atoms with E-state index in [1.54, 1.807) is 12.1 Å². The number of imide groups is 1. The van der Waals surface area contributed by atoms with E-state index in [4.69, 9.17) is 11.6 Å². The molecule has 6 heteroatoms. The van der Waals surface area contributed by atoms with Crippen LogP contribution >= 0.6 is 11.6 Å². The zero-order valence-electron chi connectivity index (χ0n) is 13.4. The highest BCUT2D eigenvalue weighted by atomic mass is 35.5. The number of allylic oxidation sites excluding steroid dienone is 2. The van der Waals surface area contributed by atoms with E-state index in [-0.39, 0.29) is 42.5 Å². The first kappa shape index (κ1) is 16.7. The van der Waals surface area contributed by atoms with Crippen LogP contribution in [0.2, 0.25) is 5.02 Å². The Morgan fingerprint density at radius 1 is 1.21 bits per heavy atom. The minimum absolute atomic E-state index is 0.0792. The summed E-state index contributed by atoms with van der Waals surface area (Å²) in [5.41, 5.74) is 1.53. The van der Waals surface area contributed by atoms with Crippen molar-refractivity contribution in [2.45, 2.75) is 26.2 Å². The maximum absolute atomic E-state index is 12.3. The summed E-state index contributed by atoms with van der Waals surface area (Å²) in [5, 5.41) is 3.32. The van der Waals surface area contributed by atoms with Crippen LogP contribution in [0.5, 0.6) is 0 Å². The van der Waals surface area contributed by atoms with Crippen molar-refractivity contribution in [2.75, 3.05) is 11.9 Å². The maximum Gasteiger partial charge on any atom is 0.233 e. The number of nitrogens with one attached hydrogen (secondary N) is 1. The highest BCUT2D eigenvalue weighted by Crippen LogP contribution is 2.35. The summed E-state index contributed by atoms with van der Waals surface area (Å²) in [4.78, 5) is 38.0. The average molecular weight is 347 g/mol. The molecular formula is C18H19ClN2O3. The van der Waals surface area contributed by atoms with Gasteiger partial charge >= 0.3 is 0 Å². The summed E-state index contributed by atoms with van der Waals surface area (Å²) in [6.45, 7) is 2.00. The summed E-state index contributed by atoms with van der Waals surface area (Å²) in [6.07, 6.45) is 5.20. The van der Waals surface area contributed by atoms with Gasteiger partial charge in [0.2, 0.25) is 17.7 Å². The van der Waals surface area contributed by atoms with Crippen molar-refractivity contribution >= 4 is 35.0 Å². The second-order valence-corrected chi connectivity index (χ2v) is 6.65. The third-order valence-corrected chi connectivity index (χ3v) is 5.02. The molecule has 0 spiro atoms. The molecule has 1 fully saturated rings. The third-order valence-electron chi connectivity index (χ3n) is 4.62. The minimum Gasteiger partial charge on any atom is -0.326 e. The number of hydrogen-bond donors (Lipinski definition) is 1. The van der Waals surface area contributed by atoms with Crippen molar-refractivity contribution in [1.29, 1.82) is 0 Å². The van der Waals surface area contributed by atoms with E-state index in [1.807, 2.05) is 25.1 Å². The van der Waals surface area contributed by atoms with Crippen molar-refractivity contribution in [3.63, 3.8) is 0 Å². The molecule has 0 saturated carbocycles. The number of benzene rings is 1. The lowest BCUT2D eigenvalue weighted by Crippen LogP contribution is -2.34. The van der Waals surface area contributed by atoms with Gasteiger partial charge in [0, 0.05) is 23.7 Å². The Balaban J connectivity index is 1.57. The predicted octanol–water partition coefficient (Wildman–Crippen LogP) is 2.93. The Labute approximate surface area is 145 Å². The van der Waals surface area contributed by atoms with E-state index < -0.39 is 0 Å². The van der Waals surface area contributed by atoms with E-state index in [0.717, 1.165) is 5.56 Å². The summed E-state index contributed by atoms with van der Waals surface area (Å²) in [7, 11) is 0. The van der Waals surface area contributed by atoms with Crippen LogP contribution in [0, 0.1) is 18.8 Å². The lowest BCUT2D eigenvalue weighted by atomic mass is 9.85. The Hall–Kier alpha value is -2.14. The number of hydrogen-bond acceptors (Lipinski definition) is 3. The predicted molar refractivity (Wildman–Crippen MR) is 91.5 cm³/mol. The van der Waals surface area contributed by atoms with Gasteiger partial charge in [-0.15, -0.1) is 0 Å². The van der Waals surface area contributed by atoms with Crippen LogP contribution in [0.4, 0.5) is 5.69 Å². The maximum atomic E-state index is 12.3. The number of halogens is 1. The van der Waals surface area contributed by atoms with Crippen molar-refractivity contribution in [3.8, 4) is 0 Å². The molecule has 0 unspecified atom stereocenters. The van der Waals surface area contributed by atoms with E-state index in [1.165, 1.54) is 4.90 Å². The summed E-state index contributed by atoms with van der Waals surface area (Å²) in [5.74, 6) is -1.05. The fourth-order valence-corrected chi connectivity index (χ4v) is 3.38. The lowest BCUT2D eigenvalue weighted by Gasteiger charge is -2.14. The molecule has 0 bridgehead atoms. The molecule has 2 atom stereocenters. The molecule has 1 saturated heterocycles. The fourth-order valence-electron chi connectivity index (χ4n) is 3.20. The topological polar surface area (TPSA) is 66.5 Å². The zero-order chi connectivity index (χ0) is 17.3. The number of fused-ring (bicyclic) bond motifs is 1. The van der Waals surface area contributed by atoms with Crippen LogP contribution in [0.3, 0.4) is 0 Å². The minimum atomic E-state index is -0.249. The Morgan fingerprint density at radius 2 is 1.83 bits per heavy atom. The number of rotatable bonds is 4. The molecule has 5 nitrogen and oxygen atoms in total. The van der Waals surface area contributed by atoms with Gasteiger partial charge in [-0.2, -0.15) is 0 Å². The monoisotopic (exact) mass is 346 g/mol. The van der Waals surface area contributed by atoms with E-state index in [9.17, 15) is 14.4 Å². The largest absolute Gasteiger partial charge is 0.326 e. The van der Waals surface area contributed by atoms with Crippen LogP contribution in [0.15, 0.2) is 30.4 Å². The second kappa shape index (κ2) is 6.77. The highest BCUT2D eigenvalue weighted by molar-refractivity contribution is 6.31. The third kappa shape index (κ3) is 3.22. The van der Waals surface area contributed by atoms with Gasteiger partial charge in [-0.05, 0) is 37.5 Å². The van der Waals surface area contributed by atoms with Crippen LogP contribution < -0.4 is 5.32 Å². The lowest BCUT2D eigenvalue weighted by molar-refractivity contribution is -0.140. The van der Waals surface area contributed by atoms with Gasteiger partial charge in [-0.1, -0.05) is 29.8 Å². The smallest absolute Gasteiger partial charge is 0.233 e. The Kier molecular flexibility index (Phi) is 4.71. The molecule has 1 aliphatic carbocycles. The summed E-state index contributed by atoms with van der Waals surface area (Å²) >= 11 is 6.03. The molecule has 3 amide bonds. The zero-order valence-corrected chi connectivity index (χ0v) is 14.2. The molecular weight excluding hydrogens is 328 g/mol. The van der Waals surface area contributed by atoms with Crippen molar-refractivity contribution in [2.24, 2.45) is 11.8 Å². The Bertz CT molecular complexity index is 703. The number of carbonyl (C=O) groups is 3. The van der Waals surface area contributed by atoms with Crippen molar-refractivity contribution < 1.29 is 14.4 Å². The molecule has 24 heavy (non-hydrogen) atoms. The van der Waals surface area contributed by atoms with Gasteiger partial charge in [0.15, 0.2) is 0 Å². The van der Waals surface area contributed by atoms with Crippen molar-refractivity contribution in [1.82, 2.24) is 4.90 Å². The quantitative estimate of drug-likeness (QED) is 0.673. The molecule has 0 radical (unpaired) electrons. The van der Waals surface area contributed by atoms with Gasteiger partial charge in [-0.3, -0.25) is 19.3 Å². The van der Waals surface area contributed by atoms with E-state index >= 15 is 0 Å². The van der Waals surface area contributed by atoms with Gasteiger partial charge in [0.05, 0.1) is 11.8 Å². The first-order chi connectivity index (χ1) is 11.5. The molecule has 3 rings (SSSR count). The average Bonchev–Trinajstić information content (AvgIpc) is 2.81. The molecule has 1 aliphatic heterocycles. The van der Waals surface area contributed by atoms with Crippen LogP contribution in [-0.4, -0.2) is 29.2 Å². The van der Waals surface area contributed by atoms with Crippen LogP contribution in [-0.2, 0) is 14.4 Å². The summed E-state index contributed by atoms with van der Waals surface area (Å²) < 4.78 is 0. The molecule has 1 aromatic carbocycles. The number of likely N-dealkylation sites (tertiary alicyclic amines) is 1. The van der Waals surface area contributed by atoms with Gasteiger partial charge in [-0.25, -0.2) is 0 Å². The molecule has 126 valence electrons. The van der Waals surface area contributed by atoms with Crippen LogP contribution in [0.25, 0.3) is 0 Å². The van der Waals surface area contributed by atoms with Gasteiger partial charge in [0.25, 0.3) is 0 Å². The number of aryl methyl sites for hydroxylation is 1. The number of carbonyl (C=O) groups excluding carboxylic acids is 3. The number of anilines is 1. The molecule has 1 heterocycles. The fraction of sp³-hybridized carbons (Fsp3) is 0.389.